The van der Waals surface area contributed by atoms with Crippen molar-refractivity contribution in [3.05, 3.63) is 53.2 Å². The molecule has 1 aliphatic heterocycles. The number of carbonyl (C=O) groups excluding carboxylic acids is 1. The highest BCUT2D eigenvalue weighted by atomic mass is 35.5. The van der Waals surface area contributed by atoms with Crippen LogP contribution in [0.4, 0.5) is 5.82 Å². The Balaban J connectivity index is 1.82. The number of anilines is 1. The van der Waals surface area contributed by atoms with Crippen LogP contribution in [0, 0.1) is 11.8 Å². The van der Waals surface area contributed by atoms with Crippen molar-refractivity contribution in [3.8, 4) is 0 Å². The Labute approximate surface area is 164 Å². The SMILES string of the molecule is CC1CC(C)CN(S(=O)(=O)c2cccc(C(=O)Nc3ccc(Cl)cn3)c2)C1. The van der Waals surface area contributed by atoms with Gasteiger partial charge in [-0.15, -0.1) is 0 Å². The van der Waals surface area contributed by atoms with Crippen molar-refractivity contribution in [3.63, 3.8) is 0 Å². The molecule has 1 aromatic carbocycles. The maximum Gasteiger partial charge on any atom is 0.256 e. The van der Waals surface area contributed by atoms with Crippen molar-refractivity contribution < 1.29 is 13.2 Å². The van der Waals surface area contributed by atoms with Gasteiger partial charge in [0.2, 0.25) is 10.0 Å². The molecule has 2 aromatic rings. The lowest BCUT2D eigenvalue weighted by molar-refractivity contribution is 0.102. The van der Waals surface area contributed by atoms with Gasteiger partial charge in [-0.3, -0.25) is 4.79 Å². The molecule has 0 saturated carbocycles. The zero-order valence-corrected chi connectivity index (χ0v) is 16.8. The summed E-state index contributed by atoms with van der Waals surface area (Å²) < 4.78 is 27.5. The maximum atomic E-state index is 13.0. The highest BCUT2D eigenvalue weighted by molar-refractivity contribution is 7.89. The second kappa shape index (κ2) is 7.96. The van der Waals surface area contributed by atoms with Crippen LogP contribution < -0.4 is 5.32 Å². The van der Waals surface area contributed by atoms with E-state index in [1.807, 2.05) is 0 Å². The number of hydrogen-bond acceptors (Lipinski definition) is 4. The number of nitrogens with one attached hydrogen (secondary N) is 1. The summed E-state index contributed by atoms with van der Waals surface area (Å²) in [5.41, 5.74) is 0.255. The molecule has 1 aromatic heterocycles. The quantitative estimate of drug-likeness (QED) is 0.838. The molecule has 1 amide bonds. The van der Waals surface area contributed by atoms with Gasteiger partial charge in [0.15, 0.2) is 0 Å². The van der Waals surface area contributed by atoms with E-state index in [2.05, 4.69) is 24.1 Å². The number of carbonyl (C=O) groups is 1. The van der Waals surface area contributed by atoms with Crippen LogP contribution in [0.3, 0.4) is 0 Å². The van der Waals surface area contributed by atoms with E-state index in [0.717, 1.165) is 6.42 Å². The van der Waals surface area contributed by atoms with Crippen LogP contribution in [-0.4, -0.2) is 36.7 Å². The first-order valence-electron chi connectivity index (χ1n) is 8.79. The third-order valence-electron chi connectivity index (χ3n) is 4.54. The van der Waals surface area contributed by atoms with Gasteiger partial charge >= 0.3 is 0 Å². The largest absolute Gasteiger partial charge is 0.307 e. The van der Waals surface area contributed by atoms with Gasteiger partial charge in [0.25, 0.3) is 5.91 Å². The number of benzene rings is 1. The molecular weight excluding hydrogens is 386 g/mol. The van der Waals surface area contributed by atoms with Crippen LogP contribution in [0.1, 0.15) is 30.6 Å². The third-order valence-corrected chi connectivity index (χ3v) is 6.59. The highest BCUT2D eigenvalue weighted by Crippen LogP contribution is 2.27. The van der Waals surface area contributed by atoms with Crippen molar-refractivity contribution in [2.24, 2.45) is 11.8 Å². The molecule has 6 nitrogen and oxygen atoms in total. The number of pyridine rings is 1. The molecule has 1 fully saturated rings. The molecule has 1 aliphatic rings. The van der Waals surface area contributed by atoms with E-state index in [-0.39, 0.29) is 10.5 Å². The molecule has 0 aliphatic carbocycles. The minimum atomic E-state index is -3.64. The Morgan fingerprint density at radius 2 is 1.89 bits per heavy atom. The zero-order valence-electron chi connectivity index (χ0n) is 15.2. The normalized spacial score (nSPS) is 21.0. The minimum absolute atomic E-state index is 0.125. The van der Waals surface area contributed by atoms with Crippen LogP contribution in [0.5, 0.6) is 0 Å². The van der Waals surface area contributed by atoms with Crippen LogP contribution in [0.25, 0.3) is 0 Å². The van der Waals surface area contributed by atoms with Crippen molar-refractivity contribution >= 4 is 33.3 Å². The van der Waals surface area contributed by atoms with Crippen LogP contribution in [0.15, 0.2) is 47.5 Å². The van der Waals surface area contributed by atoms with E-state index in [1.165, 1.54) is 22.6 Å². The summed E-state index contributed by atoms with van der Waals surface area (Å²) in [4.78, 5) is 16.6. The third kappa shape index (κ3) is 4.66. The molecule has 27 heavy (non-hydrogen) atoms. The van der Waals surface area contributed by atoms with Crippen molar-refractivity contribution in [1.82, 2.24) is 9.29 Å². The molecule has 3 rings (SSSR count). The summed E-state index contributed by atoms with van der Waals surface area (Å²) in [5, 5.41) is 3.10. The van der Waals surface area contributed by atoms with Gasteiger partial charge in [-0.2, -0.15) is 4.31 Å². The lowest BCUT2D eigenvalue weighted by Gasteiger charge is -2.34. The molecule has 0 spiro atoms. The summed E-state index contributed by atoms with van der Waals surface area (Å²) in [6, 6.07) is 9.28. The second-order valence-electron chi connectivity index (χ2n) is 7.11. The van der Waals surface area contributed by atoms with Gasteiger partial charge in [-0.05, 0) is 48.6 Å². The second-order valence-corrected chi connectivity index (χ2v) is 9.49. The predicted octanol–water partition coefficient (Wildman–Crippen LogP) is 3.65. The molecule has 2 heterocycles. The monoisotopic (exact) mass is 407 g/mol. The van der Waals surface area contributed by atoms with Crippen molar-refractivity contribution in [2.45, 2.75) is 25.2 Å². The number of amides is 1. The molecule has 0 radical (unpaired) electrons. The minimum Gasteiger partial charge on any atom is -0.307 e. The predicted molar refractivity (Wildman–Crippen MR) is 105 cm³/mol. The van der Waals surface area contributed by atoms with Gasteiger partial charge in [-0.25, -0.2) is 13.4 Å². The van der Waals surface area contributed by atoms with Gasteiger partial charge in [-0.1, -0.05) is 31.5 Å². The number of hydrogen-bond donors (Lipinski definition) is 1. The first-order valence-corrected chi connectivity index (χ1v) is 10.6. The first-order chi connectivity index (χ1) is 12.8. The molecule has 2 atom stereocenters. The summed E-state index contributed by atoms with van der Waals surface area (Å²) in [5.74, 6) is 0.538. The molecule has 2 unspecified atom stereocenters. The summed E-state index contributed by atoms with van der Waals surface area (Å²) in [7, 11) is -3.64. The van der Waals surface area contributed by atoms with E-state index >= 15 is 0 Å². The van der Waals surface area contributed by atoms with E-state index in [1.54, 1.807) is 24.3 Å². The van der Waals surface area contributed by atoms with E-state index in [4.69, 9.17) is 11.6 Å². The maximum absolute atomic E-state index is 13.0. The fourth-order valence-electron chi connectivity index (χ4n) is 3.39. The van der Waals surface area contributed by atoms with E-state index < -0.39 is 15.9 Å². The number of sulfonamides is 1. The van der Waals surface area contributed by atoms with Crippen LogP contribution >= 0.6 is 11.6 Å². The standard InChI is InChI=1S/C19H22ClN3O3S/c1-13-8-14(2)12-23(11-13)27(25,26)17-5-3-4-15(9-17)19(24)22-18-7-6-16(20)10-21-18/h3-7,9-10,13-14H,8,11-12H2,1-2H3,(H,21,22,24). The topological polar surface area (TPSA) is 79.4 Å². The van der Waals surface area contributed by atoms with E-state index in [9.17, 15) is 13.2 Å². The summed E-state index contributed by atoms with van der Waals surface area (Å²) >= 11 is 5.78. The number of piperidine rings is 1. The molecule has 1 saturated heterocycles. The number of halogens is 1. The number of rotatable bonds is 4. The lowest BCUT2D eigenvalue weighted by atomic mass is 9.94. The Bertz CT molecular complexity index is 921. The molecule has 0 bridgehead atoms. The Kier molecular flexibility index (Phi) is 5.83. The average Bonchev–Trinajstić information content (AvgIpc) is 2.63. The van der Waals surface area contributed by atoms with Crippen LogP contribution in [-0.2, 0) is 10.0 Å². The number of aromatic nitrogens is 1. The first kappa shape index (κ1) is 19.8. The lowest BCUT2D eigenvalue weighted by Crippen LogP contribution is -2.42. The van der Waals surface area contributed by atoms with Crippen LogP contribution in [0.2, 0.25) is 5.02 Å². The Morgan fingerprint density at radius 3 is 2.52 bits per heavy atom. The van der Waals surface area contributed by atoms with E-state index in [0.29, 0.717) is 35.8 Å². The van der Waals surface area contributed by atoms with Gasteiger partial charge < -0.3 is 5.32 Å². The summed E-state index contributed by atoms with van der Waals surface area (Å²) in [6.07, 6.45) is 2.44. The molecule has 8 heteroatoms. The molecule has 144 valence electrons. The number of nitrogens with zero attached hydrogens (tertiary/aromatic N) is 2. The zero-order chi connectivity index (χ0) is 19.6. The summed E-state index contributed by atoms with van der Waals surface area (Å²) in [6.45, 7) is 5.11. The van der Waals surface area contributed by atoms with Crippen molar-refractivity contribution in [2.75, 3.05) is 18.4 Å². The average molecular weight is 408 g/mol. The van der Waals surface area contributed by atoms with Gasteiger partial charge in [0.1, 0.15) is 5.82 Å². The Morgan fingerprint density at radius 1 is 1.19 bits per heavy atom. The highest BCUT2D eigenvalue weighted by Gasteiger charge is 2.31. The fourth-order valence-corrected chi connectivity index (χ4v) is 5.22. The Hall–Kier alpha value is -1.96. The van der Waals surface area contributed by atoms with Crippen molar-refractivity contribution in [1.29, 1.82) is 0 Å². The fraction of sp³-hybridized carbons (Fsp3) is 0.368. The smallest absolute Gasteiger partial charge is 0.256 e. The molecule has 1 N–H and O–H groups in total. The van der Waals surface area contributed by atoms with Gasteiger partial charge in [0, 0.05) is 24.8 Å². The van der Waals surface area contributed by atoms with Gasteiger partial charge in [0.05, 0.1) is 9.92 Å². The molecular formula is C19H22ClN3O3S.